The largest absolute Gasteiger partial charge is 0.315 e. The van der Waals surface area contributed by atoms with E-state index in [9.17, 15) is 14.9 Å². The lowest BCUT2D eigenvalue weighted by molar-refractivity contribution is -0.118. The average molecular weight is 321 g/mol. The molecule has 2 amide bonds. The minimum absolute atomic E-state index is 0.0955. The number of para-hydroxylation sites is 2. The van der Waals surface area contributed by atoms with Gasteiger partial charge in [-0.05, 0) is 24.3 Å². The first-order valence-corrected chi connectivity index (χ1v) is 7.63. The van der Waals surface area contributed by atoms with E-state index in [1.54, 1.807) is 36.2 Å². The molecule has 0 atom stereocenters. The lowest BCUT2D eigenvalue weighted by Gasteiger charge is -2.24. The third-order valence-corrected chi connectivity index (χ3v) is 3.76. The highest BCUT2D eigenvalue weighted by Gasteiger charge is 2.18. The van der Waals surface area contributed by atoms with Crippen LogP contribution in [0.15, 0.2) is 54.6 Å². The van der Waals surface area contributed by atoms with Crippen molar-refractivity contribution in [2.75, 3.05) is 23.4 Å². The third-order valence-electron chi connectivity index (χ3n) is 3.76. The summed E-state index contributed by atoms with van der Waals surface area (Å²) in [7, 11) is 1.71. The van der Waals surface area contributed by atoms with Gasteiger partial charge in [-0.2, -0.15) is 5.26 Å². The molecule has 2 aromatic rings. The molecule has 0 aliphatic rings. The molecule has 0 aliphatic heterocycles. The van der Waals surface area contributed by atoms with Crippen LogP contribution in [-0.2, 0) is 9.59 Å². The van der Waals surface area contributed by atoms with E-state index < -0.39 is 0 Å². The van der Waals surface area contributed by atoms with Crippen molar-refractivity contribution in [3.63, 3.8) is 0 Å². The fraction of sp³-hybridized carbons (Fsp3) is 0.211. The minimum atomic E-state index is -0.201. The van der Waals surface area contributed by atoms with Gasteiger partial charge in [0.25, 0.3) is 0 Å². The molecule has 2 aromatic carbocycles. The summed E-state index contributed by atoms with van der Waals surface area (Å²) in [5, 5.41) is 9.20. The van der Waals surface area contributed by atoms with Gasteiger partial charge in [0.2, 0.25) is 11.8 Å². The number of nitriles is 1. The standard InChI is InChI=1S/C19H19N3O2/c1-15(23)22(18-11-7-6-8-16(18)14-20)13-12-19(24)21(2)17-9-4-3-5-10-17/h3-11H,12-13H2,1-2H3. The quantitative estimate of drug-likeness (QED) is 0.850. The molecule has 0 N–H and O–H groups in total. The van der Waals surface area contributed by atoms with Crippen LogP contribution in [0.1, 0.15) is 18.9 Å². The molecule has 0 aliphatic carbocycles. The molecule has 0 unspecified atom stereocenters. The summed E-state index contributed by atoms with van der Waals surface area (Å²) in [6.07, 6.45) is 0.171. The molecular formula is C19H19N3O2. The van der Waals surface area contributed by atoms with Crippen LogP contribution in [0.2, 0.25) is 0 Å². The van der Waals surface area contributed by atoms with E-state index in [1.165, 1.54) is 11.8 Å². The zero-order chi connectivity index (χ0) is 17.5. The fourth-order valence-electron chi connectivity index (χ4n) is 2.42. The summed E-state index contributed by atoms with van der Waals surface area (Å²) in [5.74, 6) is -0.297. The van der Waals surface area contributed by atoms with Crippen molar-refractivity contribution in [2.24, 2.45) is 0 Å². The molecule has 0 saturated heterocycles. The summed E-state index contributed by atoms with van der Waals surface area (Å²) >= 11 is 0. The molecule has 0 fully saturated rings. The normalized spacial score (nSPS) is 9.88. The van der Waals surface area contributed by atoms with Crippen molar-refractivity contribution >= 4 is 23.2 Å². The second kappa shape index (κ2) is 7.93. The van der Waals surface area contributed by atoms with Crippen molar-refractivity contribution in [1.29, 1.82) is 5.26 Å². The molecule has 0 bridgehead atoms. The van der Waals surface area contributed by atoms with Gasteiger partial charge in [-0.3, -0.25) is 9.59 Å². The number of amides is 2. The summed E-state index contributed by atoms with van der Waals surface area (Å²) in [5.41, 5.74) is 1.74. The van der Waals surface area contributed by atoms with Gasteiger partial charge in [-0.25, -0.2) is 0 Å². The molecule has 0 aromatic heterocycles. The van der Waals surface area contributed by atoms with Gasteiger partial charge >= 0.3 is 0 Å². The van der Waals surface area contributed by atoms with Crippen LogP contribution in [-0.4, -0.2) is 25.4 Å². The van der Waals surface area contributed by atoms with Crippen LogP contribution in [0, 0.1) is 11.3 Å². The van der Waals surface area contributed by atoms with Gasteiger partial charge in [-0.15, -0.1) is 0 Å². The molecule has 0 heterocycles. The summed E-state index contributed by atoms with van der Waals surface area (Å²) in [6, 6.07) is 18.3. The van der Waals surface area contributed by atoms with Crippen LogP contribution in [0.4, 0.5) is 11.4 Å². The number of hydrogen-bond acceptors (Lipinski definition) is 3. The van der Waals surface area contributed by atoms with Crippen LogP contribution in [0.25, 0.3) is 0 Å². The molecule has 5 heteroatoms. The summed E-state index contributed by atoms with van der Waals surface area (Å²) < 4.78 is 0. The van der Waals surface area contributed by atoms with E-state index in [0.29, 0.717) is 11.3 Å². The van der Waals surface area contributed by atoms with Gasteiger partial charge in [0.15, 0.2) is 0 Å². The molecule has 2 rings (SSSR count). The smallest absolute Gasteiger partial charge is 0.228 e. The van der Waals surface area contributed by atoms with Crippen LogP contribution < -0.4 is 9.80 Å². The first-order valence-electron chi connectivity index (χ1n) is 7.63. The lowest BCUT2D eigenvalue weighted by Crippen LogP contribution is -2.35. The predicted molar refractivity (Wildman–Crippen MR) is 93.7 cm³/mol. The second-order valence-corrected chi connectivity index (χ2v) is 5.34. The van der Waals surface area contributed by atoms with Crippen LogP contribution in [0.3, 0.4) is 0 Å². The zero-order valence-electron chi connectivity index (χ0n) is 13.8. The maximum Gasteiger partial charge on any atom is 0.228 e. The van der Waals surface area contributed by atoms with Crippen molar-refractivity contribution < 1.29 is 9.59 Å². The monoisotopic (exact) mass is 321 g/mol. The van der Waals surface area contributed by atoms with Gasteiger partial charge < -0.3 is 9.80 Å². The number of rotatable bonds is 5. The zero-order valence-corrected chi connectivity index (χ0v) is 13.8. The Labute approximate surface area is 141 Å². The molecule has 0 spiro atoms. The Morgan fingerprint density at radius 2 is 1.67 bits per heavy atom. The van der Waals surface area contributed by atoms with Crippen LogP contribution >= 0.6 is 0 Å². The fourth-order valence-corrected chi connectivity index (χ4v) is 2.42. The Kier molecular flexibility index (Phi) is 5.69. The molecule has 0 radical (unpaired) electrons. The highest BCUT2D eigenvalue weighted by molar-refractivity contribution is 5.96. The van der Waals surface area contributed by atoms with E-state index in [-0.39, 0.29) is 24.8 Å². The van der Waals surface area contributed by atoms with Gasteiger partial charge in [-0.1, -0.05) is 30.3 Å². The average Bonchev–Trinajstić information content (AvgIpc) is 2.62. The summed E-state index contributed by atoms with van der Waals surface area (Å²) in [4.78, 5) is 27.4. The first kappa shape index (κ1) is 17.2. The van der Waals surface area contributed by atoms with Crippen molar-refractivity contribution in [1.82, 2.24) is 0 Å². The Hall–Kier alpha value is -3.13. The number of carbonyl (C=O) groups excluding carboxylic acids is 2. The van der Waals surface area contributed by atoms with E-state index in [1.807, 2.05) is 30.3 Å². The molecule has 0 saturated carbocycles. The number of anilines is 2. The third kappa shape index (κ3) is 3.99. The van der Waals surface area contributed by atoms with Crippen molar-refractivity contribution in [3.05, 3.63) is 60.2 Å². The van der Waals surface area contributed by atoms with E-state index in [2.05, 4.69) is 6.07 Å². The predicted octanol–water partition coefficient (Wildman–Crippen LogP) is 2.96. The van der Waals surface area contributed by atoms with Gasteiger partial charge in [0.05, 0.1) is 11.3 Å². The Bertz CT molecular complexity index is 766. The van der Waals surface area contributed by atoms with Gasteiger partial charge in [0, 0.05) is 32.6 Å². The molecular weight excluding hydrogens is 302 g/mol. The maximum atomic E-state index is 12.4. The number of nitrogens with zero attached hydrogens (tertiary/aromatic N) is 3. The lowest BCUT2D eigenvalue weighted by atomic mass is 10.1. The molecule has 5 nitrogen and oxygen atoms in total. The van der Waals surface area contributed by atoms with Gasteiger partial charge in [0.1, 0.15) is 6.07 Å². The van der Waals surface area contributed by atoms with Crippen molar-refractivity contribution in [3.8, 4) is 6.07 Å². The van der Waals surface area contributed by atoms with Crippen LogP contribution in [0.5, 0.6) is 0 Å². The first-order chi connectivity index (χ1) is 11.5. The highest BCUT2D eigenvalue weighted by Crippen LogP contribution is 2.20. The maximum absolute atomic E-state index is 12.4. The summed E-state index contributed by atoms with van der Waals surface area (Å²) in [6.45, 7) is 1.66. The van der Waals surface area contributed by atoms with E-state index in [0.717, 1.165) is 5.69 Å². The number of benzene rings is 2. The Balaban J connectivity index is 2.11. The molecule has 24 heavy (non-hydrogen) atoms. The van der Waals surface area contributed by atoms with E-state index in [4.69, 9.17) is 0 Å². The van der Waals surface area contributed by atoms with Crippen molar-refractivity contribution in [2.45, 2.75) is 13.3 Å². The van der Waals surface area contributed by atoms with E-state index >= 15 is 0 Å². The SMILES string of the molecule is CC(=O)N(CCC(=O)N(C)c1ccccc1)c1ccccc1C#N. The Morgan fingerprint density at radius 1 is 1.04 bits per heavy atom. The Morgan fingerprint density at radius 3 is 2.29 bits per heavy atom. The number of hydrogen-bond donors (Lipinski definition) is 0. The topological polar surface area (TPSA) is 64.4 Å². The second-order valence-electron chi connectivity index (χ2n) is 5.34. The highest BCUT2D eigenvalue weighted by atomic mass is 16.2. The molecule has 122 valence electrons. The minimum Gasteiger partial charge on any atom is -0.315 e. The number of carbonyl (C=O) groups is 2.